The SMILES string of the molecule is CC(C)C1NCCC2CCC(=O)NC3CCCC(F)C3C3NC4C(CC3F)C(N3CCCC[C@@H]3C)NC(=O)N4C21. The van der Waals surface area contributed by atoms with Gasteiger partial charge in [-0.15, -0.1) is 0 Å². The number of urea groups is 1. The lowest BCUT2D eigenvalue weighted by Gasteiger charge is -2.60. The zero-order valence-corrected chi connectivity index (χ0v) is 24.5. The maximum atomic E-state index is 16.4. The van der Waals surface area contributed by atoms with Crippen LogP contribution in [0.1, 0.15) is 85.0 Å². The first kappa shape index (κ1) is 28.6. The Morgan fingerprint density at radius 2 is 1.75 bits per heavy atom. The summed E-state index contributed by atoms with van der Waals surface area (Å²) in [5.74, 6) is -0.459. The molecular weight excluding hydrogens is 514 g/mol. The molecule has 226 valence electrons. The van der Waals surface area contributed by atoms with Gasteiger partial charge in [0.1, 0.15) is 12.3 Å². The van der Waals surface area contributed by atoms with Crippen molar-refractivity contribution in [2.45, 2.75) is 140 Å². The Labute approximate surface area is 238 Å². The van der Waals surface area contributed by atoms with Crippen LogP contribution in [0.25, 0.3) is 0 Å². The number of halogens is 2. The molecule has 5 aliphatic heterocycles. The number of carbonyl (C=O) groups excluding carboxylic acids is 2. The fourth-order valence-corrected chi connectivity index (χ4v) is 9.29. The van der Waals surface area contributed by atoms with Crippen molar-refractivity contribution < 1.29 is 18.4 Å². The van der Waals surface area contributed by atoms with Crippen LogP contribution in [0.4, 0.5) is 13.6 Å². The molecule has 2 bridgehead atoms. The van der Waals surface area contributed by atoms with Crippen molar-refractivity contribution in [3.63, 3.8) is 0 Å². The second-order valence-corrected chi connectivity index (χ2v) is 13.9. The van der Waals surface area contributed by atoms with Gasteiger partial charge < -0.3 is 20.9 Å². The normalized spacial score (nSPS) is 46.8. The second-order valence-electron chi connectivity index (χ2n) is 13.9. The number of likely N-dealkylation sites (tertiary alicyclic amines) is 1. The number of hydrogen-bond acceptors (Lipinski definition) is 5. The van der Waals surface area contributed by atoms with Crippen LogP contribution >= 0.6 is 0 Å². The number of nitrogens with one attached hydrogen (secondary N) is 4. The molecule has 8 nitrogen and oxygen atoms in total. The van der Waals surface area contributed by atoms with Crippen molar-refractivity contribution in [1.29, 1.82) is 0 Å². The number of fused-ring (bicyclic) bond motifs is 5. The molecule has 6 aliphatic rings. The van der Waals surface area contributed by atoms with E-state index in [2.05, 4.69) is 46.9 Å². The number of rotatable bonds is 2. The van der Waals surface area contributed by atoms with Gasteiger partial charge in [-0.2, -0.15) is 0 Å². The van der Waals surface area contributed by atoms with Crippen LogP contribution in [-0.2, 0) is 4.79 Å². The number of hydrogen-bond donors (Lipinski definition) is 4. The Kier molecular flexibility index (Phi) is 8.32. The molecule has 4 N–H and O–H groups in total. The van der Waals surface area contributed by atoms with Gasteiger partial charge in [0.25, 0.3) is 0 Å². The third-order valence-corrected chi connectivity index (χ3v) is 11.2. The van der Waals surface area contributed by atoms with Crippen LogP contribution in [0.3, 0.4) is 0 Å². The van der Waals surface area contributed by atoms with E-state index >= 15 is 8.78 Å². The van der Waals surface area contributed by atoms with Crippen LogP contribution in [0.15, 0.2) is 0 Å². The molecule has 11 unspecified atom stereocenters. The largest absolute Gasteiger partial charge is 0.353 e. The minimum Gasteiger partial charge on any atom is -0.353 e. The summed E-state index contributed by atoms with van der Waals surface area (Å²) < 4.78 is 32.1. The van der Waals surface area contributed by atoms with Gasteiger partial charge in [0.15, 0.2) is 0 Å². The summed E-state index contributed by atoms with van der Waals surface area (Å²) in [7, 11) is 0. The van der Waals surface area contributed by atoms with Crippen molar-refractivity contribution in [2.75, 3.05) is 13.1 Å². The van der Waals surface area contributed by atoms with E-state index in [1.807, 2.05) is 4.90 Å². The molecule has 0 aromatic rings. The van der Waals surface area contributed by atoms with Gasteiger partial charge in [-0.1, -0.05) is 20.3 Å². The van der Waals surface area contributed by atoms with Crippen LogP contribution in [0.2, 0.25) is 0 Å². The molecule has 5 heterocycles. The summed E-state index contributed by atoms with van der Waals surface area (Å²) in [6.07, 6.45) is 4.15. The molecule has 12 atom stereocenters. The van der Waals surface area contributed by atoms with E-state index in [4.69, 9.17) is 0 Å². The van der Waals surface area contributed by atoms with Gasteiger partial charge in [-0.3, -0.25) is 15.0 Å². The molecule has 6 rings (SSSR count). The van der Waals surface area contributed by atoms with E-state index in [0.717, 1.165) is 32.4 Å². The quantitative estimate of drug-likeness (QED) is 0.414. The number of piperidine rings is 3. The highest BCUT2D eigenvalue weighted by Gasteiger charge is 2.57. The summed E-state index contributed by atoms with van der Waals surface area (Å²) in [5.41, 5.74) is 0. The lowest BCUT2D eigenvalue weighted by molar-refractivity contribution is -0.125. The van der Waals surface area contributed by atoms with Crippen molar-refractivity contribution in [1.82, 2.24) is 31.1 Å². The highest BCUT2D eigenvalue weighted by Crippen LogP contribution is 2.43. The summed E-state index contributed by atoms with van der Waals surface area (Å²) in [6.45, 7) is 8.30. The fraction of sp³-hybridized carbons (Fsp3) is 0.933. The molecule has 1 saturated carbocycles. The molecule has 0 spiro atoms. The van der Waals surface area contributed by atoms with Crippen molar-refractivity contribution in [3.8, 4) is 0 Å². The maximum Gasteiger partial charge on any atom is 0.320 e. The number of alkyl halides is 2. The van der Waals surface area contributed by atoms with E-state index in [-0.39, 0.29) is 66.6 Å². The molecule has 0 aromatic carbocycles. The number of carbonyl (C=O) groups is 2. The van der Waals surface area contributed by atoms with E-state index in [1.54, 1.807) is 0 Å². The number of amides is 3. The zero-order valence-electron chi connectivity index (χ0n) is 24.5. The Morgan fingerprint density at radius 1 is 0.925 bits per heavy atom. The van der Waals surface area contributed by atoms with Crippen LogP contribution < -0.4 is 21.3 Å². The molecule has 40 heavy (non-hydrogen) atoms. The first-order chi connectivity index (χ1) is 19.2. The first-order valence-electron chi connectivity index (χ1n) is 16.2. The monoisotopic (exact) mass is 564 g/mol. The van der Waals surface area contributed by atoms with Gasteiger partial charge in [-0.05, 0) is 76.7 Å². The molecule has 0 aromatic heterocycles. The van der Waals surface area contributed by atoms with E-state index < -0.39 is 24.3 Å². The average Bonchev–Trinajstić information content (AvgIpc) is 2.92. The van der Waals surface area contributed by atoms with Crippen LogP contribution in [-0.4, -0.2) is 89.7 Å². The zero-order chi connectivity index (χ0) is 28.1. The molecule has 0 radical (unpaired) electrons. The fourth-order valence-electron chi connectivity index (χ4n) is 9.29. The molecule has 10 heteroatoms. The van der Waals surface area contributed by atoms with Crippen LogP contribution in [0.5, 0.6) is 0 Å². The Balaban J connectivity index is 1.43. The first-order valence-corrected chi connectivity index (χ1v) is 16.2. The van der Waals surface area contributed by atoms with E-state index in [0.29, 0.717) is 38.1 Å². The summed E-state index contributed by atoms with van der Waals surface area (Å²) in [6, 6.07) is -1.02. The standard InChI is InChI=1S/C30H50F2N6O2/c1-16(2)25-27-18(12-13-33-25)10-11-23(39)34-22-9-6-8-20(31)24(22)26-21(32)15-19-28(37-14-5-4-7-17(37)3)36-30(40)38(27)29(19)35-26/h16-22,24-29,33,35H,4-15H2,1-3H3,(H,34,39)(H,36,40)/t17-,18?,19?,20?,21?,22?,24?,25?,26?,27?,28?,29?/m0/s1. The predicted octanol–water partition coefficient (Wildman–Crippen LogP) is 3.27. The Morgan fingerprint density at radius 3 is 2.52 bits per heavy atom. The molecule has 5 saturated heterocycles. The Hall–Kier alpha value is -1.52. The summed E-state index contributed by atoms with van der Waals surface area (Å²) in [5, 5.41) is 13.8. The second kappa shape index (κ2) is 11.6. The van der Waals surface area contributed by atoms with Crippen molar-refractivity contribution in [3.05, 3.63) is 0 Å². The summed E-state index contributed by atoms with van der Waals surface area (Å²) >= 11 is 0. The molecule has 3 amide bonds. The molecule has 1 aliphatic carbocycles. The van der Waals surface area contributed by atoms with Crippen molar-refractivity contribution >= 4 is 11.9 Å². The minimum atomic E-state index is -1.26. The number of nitrogens with zero attached hydrogens (tertiary/aromatic N) is 2. The molecular formula is C30H50F2N6O2. The van der Waals surface area contributed by atoms with Gasteiger partial charge in [0.05, 0.1) is 18.4 Å². The third-order valence-electron chi connectivity index (χ3n) is 11.2. The lowest BCUT2D eigenvalue weighted by atomic mass is 9.71. The Bertz CT molecular complexity index is 940. The van der Waals surface area contributed by atoms with Gasteiger partial charge in [0, 0.05) is 49.0 Å². The van der Waals surface area contributed by atoms with E-state index in [1.165, 1.54) is 6.42 Å². The van der Waals surface area contributed by atoms with Gasteiger partial charge in [0.2, 0.25) is 5.91 Å². The highest BCUT2D eigenvalue weighted by atomic mass is 19.1. The van der Waals surface area contributed by atoms with Gasteiger partial charge >= 0.3 is 6.03 Å². The van der Waals surface area contributed by atoms with E-state index in [9.17, 15) is 9.59 Å². The van der Waals surface area contributed by atoms with Crippen LogP contribution in [0, 0.1) is 23.7 Å². The molecule has 6 fully saturated rings. The summed E-state index contributed by atoms with van der Waals surface area (Å²) in [4.78, 5) is 31.8. The van der Waals surface area contributed by atoms with Gasteiger partial charge in [-0.25, -0.2) is 13.6 Å². The predicted molar refractivity (Wildman–Crippen MR) is 150 cm³/mol. The maximum absolute atomic E-state index is 16.4. The smallest absolute Gasteiger partial charge is 0.320 e. The lowest BCUT2D eigenvalue weighted by Crippen LogP contribution is -2.79. The highest BCUT2D eigenvalue weighted by molar-refractivity contribution is 5.77. The third kappa shape index (κ3) is 5.14. The topological polar surface area (TPSA) is 88.7 Å². The van der Waals surface area contributed by atoms with Crippen molar-refractivity contribution in [2.24, 2.45) is 23.7 Å². The average molecular weight is 565 g/mol. The minimum absolute atomic E-state index is 0.0568.